The van der Waals surface area contributed by atoms with Gasteiger partial charge in [-0.1, -0.05) is 462 Å². The van der Waals surface area contributed by atoms with Gasteiger partial charge in [0.15, 0.2) is 12.5 Å². The van der Waals surface area contributed by atoms with E-state index in [1.54, 1.807) is 18.2 Å². The Kier molecular flexibility index (Phi) is 38.6. The van der Waals surface area contributed by atoms with Crippen LogP contribution in [0.5, 0.6) is 0 Å². The predicted molar refractivity (Wildman–Crippen MR) is 605 cm³/mol. The Hall–Kier alpha value is -10.6. The number of halogens is 2. The summed E-state index contributed by atoms with van der Waals surface area (Å²) in [6.45, 7) is 26.4. The summed E-state index contributed by atoms with van der Waals surface area (Å²) >= 11 is 10.9. The first-order chi connectivity index (χ1) is 69.4. The van der Waals surface area contributed by atoms with Crippen LogP contribution < -0.4 is 69.2 Å². The zero-order valence-electron chi connectivity index (χ0n) is 84.3. The first-order valence-electron chi connectivity index (χ1n) is 50.0. The van der Waals surface area contributed by atoms with E-state index in [-0.39, 0.29) is 73.7 Å². The molecule has 5 fully saturated rings. The van der Waals surface area contributed by atoms with Crippen LogP contribution in [0, 0.1) is 0 Å². The molecule has 1 aliphatic carbocycles. The van der Waals surface area contributed by atoms with Crippen LogP contribution in [-0.2, 0) is 60.2 Å². The van der Waals surface area contributed by atoms with E-state index < -0.39 is 31.7 Å². The van der Waals surface area contributed by atoms with Crippen molar-refractivity contribution in [2.75, 3.05) is 19.8 Å². The van der Waals surface area contributed by atoms with Crippen LogP contribution in [0.4, 0.5) is 0 Å². The molecule has 21 heteroatoms. The van der Waals surface area contributed by atoms with E-state index in [0.717, 1.165) is 123 Å². The molecule has 0 amide bonds. The second-order valence-corrected chi connectivity index (χ2v) is 49.3. The summed E-state index contributed by atoms with van der Waals surface area (Å²) < 4.78 is 36.9. The van der Waals surface area contributed by atoms with Crippen molar-refractivity contribution in [3.8, 4) is 22.8 Å². The quantitative estimate of drug-likeness (QED) is 0.0466. The number of fused-ring (bicyclic) bond motifs is 1. The molecule has 0 bridgehead atoms. The third-order valence-corrected chi connectivity index (χ3v) is 35.8. The number of hydrogen-bond donors (Lipinski definition) is 0. The van der Waals surface area contributed by atoms with Crippen LogP contribution in [-0.4, -0.2) is 77.5 Å². The third kappa shape index (κ3) is 28.8. The van der Waals surface area contributed by atoms with Crippen LogP contribution in [0.15, 0.2) is 419 Å². The van der Waals surface area contributed by atoms with Gasteiger partial charge in [0, 0.05) is 62.9 Å². The molecule has 740 valence electrons. The van der Waals surface area contributed by atoms with E-state index >= 15 is 0 Å². The van der Waals surface area contributed by atoms with Gasteiger partial charge in [0.05, 0.1) is 56.7 Å². The van der Waals surface area contributed by atoms with Crippen LogP contribution in [0.2, 0.25) is 10.3 Å². The Labute approximate surface area is 882 Å². The molecule has 5 aromatic heterocycles. The average molecular weight is 2110 g/mol. The minimum atomic E-state index is -0.446. The molecule has 0 spiro atoms. The summed E-state index contributed by atoms with van der Waals surface area (Å²) in [6.07, 6.45) is 10.6. The monoisotopic (exact) mass is 2110 g/mol. The van der Waals surface area contributed by atoms with Gasteiger partial charge in [-0.3, -0.25) is 0 Å². The molecule has 4 saturated heterocycles. The maximum Gasteiger partial charge on any atom is 0.514 e. The van der Waals surface area contributed by atoms with Gasteiger partial charge in [0.1, 0.15) is 16.5 Å². The van der Waals surface area contributed by atoms with Gasteiger partial charge in [0.2, 0.25) is 0 Å². The number of rotatable bonds is 18. The Morgan fingerprint density at radius 2 is 0.493 bits per heavy atom. The number of hydrogen-bond acceptors (Lipinski definition) is 10. The molecule has 0 radical (unpaired) electrons. The van der Waals surface area contributed by atoms with Crippen LogP contribution in [0.25, 0.3) is 22.8 Å². The number of benzene rings is 12. The molecule has 144 heavy (non-hydrogen) atoms. The number of ether oxygens (including phenoxy) is 3. The van der Waals surface area contributed by atoms with Crippen LogP contribution in [0.1, 0.15) is 176 Å². The van der Waals surface area contributed by atoms with Crippen molar-refractivity contribution in [2.24, 2.45) is 0 Å². The van der Waals surface area contributed by atoms with Crippen molar-refractivity contribution in [3.05, 3.63) is 446 Å². The van der Waals surface area contributed by atoms with Crippen molar-refractivity contribution >= 4 is 131 Å². The zero-order valence-corrected chi connectivity index (χ0v) is 91.0. The van der Waals surface area contributed by atoms with Gasteiger partial charge < -0.3 is 23.5 Å². The molecular weight excluding hydrogens is 1980 g/mol. The third-order valence-electron chi connectivity index (χ3n) is 25.6. The summed E-state index contributed by atoms with van der Waals surface area (Å²) in [4.78, 5) is 8.89. The molecular formula is C123H131BCl2N8O5P4Pd. The number of aromatic nitrogens is 8. The summed E-state index contributed by atoms with van der Waals surface area (Å²) in [5, 5.41) is 32.6. The molecule has 5 atom stereocenters. The predicted octanol–water partition coefficient (Wildman–Crippen LogP) is 25.5. The Balaban J connectivity index is 0.000000130. The second kappa shape index (κ2) is 51.6. The van der Waals surface area contributed by atoms with Gasteiger partial charge in [-0.25, -0.2) is 24.0 Å². The summed E-state index contributed by atoms with van der Waals surface area (Å²) in [5.41, 5.74) is 7.53. The van der Waals surface area contributed by atoms with Gasteiger partial charge in [-0.15, -0.1) is 0 Å². The fourth-order valence-electron chi connectivity index (χ4n) is 17.6. The van der Waals surface area contributed by atoms with Gasteiger partial charge in [-0.2, -0.15) is 15.3 Å². The Bertz CT molecular complexity index is 5750. The summed E-state index contributed by atoms with van der Waals surface area (Å²) in [7, 11) is -2.12. The van der Waals surface area contributed by atoms with E-state index in [1.165, 1.54) is 70.1 Å². The smallest absolute Gasteiger partial charge is 0.398 e. The van der Waals surface area contributed by atoms with Gasteiger partial charge in [-0.05, 0) is 209 Å². The topological polar surface area (TPSA) is 125 Å². The van der Waals surface area contributed by atoms with Crippen LogP contribution in [0.3, 0.4) is 0 Å². The minimum Gasteiger partial charge on any atom is -0.398 e. The van der Waals surface area contributed by atoms with E-state index in [2.05, 4.69) is 491 Å². The van der Waals surface area contributed by atoms with Crippen molar-refractivity contribution in [2.45, 2.75) is 187 Å². The van der Waals surface area contributed by atoms with E-state index in [9.17, 15) is 0 Å². The maximum absolute atomic E-state index is 6.23. The molecule has 9 heterocycles. The first kappa shape index (κ1) is 108. The largest absolute Gasteiger partial charge is 0.514 e. The molecule has 1 saturated carbocycles. The molecule has 5 unspecified atom stereocenters. The van der Waals surface area contributed by atoms with Crippen molar-refractivity contribution < 1.29 is 43.9 Å². The van der Waals surface area contributed by atoms with Crippen LogP contribution >= 0.6 is 54.9 Å². The normalized spacial score (nSPS) is 17.4. The van der Waals surface area contributed by atoms with E-state index in [1.807, 2.05) is 4.68 Å². The Morgan fingerprint density at radius 1 is 0.278 bits per heavy atom. The van der Waals surface area contributed by atoms with E-state index in [4.69, 9.17) is 67.0 Å². The van der Waals surface area contributed by atoms with E-state index in [0.29, 0.717) is 10.3 Å². The molecule has 5 aliphatic rings. The standard InChI is InChI=1S/C29H41N5O2.4C18H15P.C17H27BN2O3.C5H3Cl2N.Pd/c1-28(2,3)24-18-22(33(31-24)26-14-7-9-16-35-26)20-12-11-13-21(30-20)23-19-25(29(4,5)6)32-34(23)27-15-8-10-17-36-27;4*1-4-10-16(11-5-1)19(17-12-6-2-7-13-17)18-14-8-3-9-15-18;1-15(2,3)12-10-13(18-22-16(4)11-17(16,5)23-18)20(19-12)14-8-6-7-9-21-14;6-4-2-1-3-5(7)8-4;/h11-13,18-19,26-27H,7-10,14-17H2,1-6H3;4*1-15H;10,14H,6-9,11H2,1-5H3;1-3H;. The summed E-state index contributed by atoms with van der Waals surface area (Å²) in [6, 6.07) is 147. The first-order valence-corrected chi connectivity index (χ1v) is 56.1. The second-order valence-electron chi connectivity index (χ2n) is 39.6. The van der Waals surface area contributed by atoms with Crippen molar-refractivity contribution in [1.82, 2.24) is 39.3 Å². The minimum absolute atomic E-state index is 0. The molecule has 13 nitrogen and oxygen atoms in total. The zero-order chi connectivity index (χ0) is 99.6. The fraction of sp³-hybridized carbons (Fsp3) is 0.260. The number of pyridine rings is 2. The maximum atomic E-state index is 6.23. The Morgan fingerprint density at radius 3 is 0.701 bits per heavy atom. The van der Waals surface area contributed by atoms with Crippen molar-refractivity contribution in [1.29, 1.82) is 0 Å². The molecule has 0 N–H and O–H groups in total. The molecule has 17 aromatic rings. The van der Waals surface area contributed by atoms with Gasteiger partial charge in [0.25, 0.3) is 0 Å². The fourth-order valence-corrected chi connectivity index (χ4v) is 27.2. The molecule has 12 aromatic carbocycles. The van der Waals surface area contributed by atoms with Gasteiger partial charge >= 0.3 is 7.12 Å². The average Bonchev–Trinajstić information content (AvgIpc) is 1.52. The molecule has 4 aliphatic heterocycles. The number of nitrogens with zero attached hydrogens (tertiary/aromatic N) is 8. The van der Waals surface area contributed by atoms with Crippen molar-refractivity contribution in [3.63, 3.8) is 0 Å². The molecule has 22 rings (SSSR count). The SMILES string of the molecule is CC(C)(C)c1cc(-c2cccc(-c3cc(C(C)(C)C)nn3C3CCCCO3)n2)n(C2CCCCO2)n1.CC(C)(C)c1cc(B2OC3(C)CC3(C)O2)n(C2CCCCO2)n1.Clc1cccc(Cl)n1.[Pd].c1ccc(P(c2ccccc2)c2ccccc2)cc1.c1ccc(P(c2ccccc2)c2ccccc2)cc1.c1ccc(P(c2ccccc2)c2ccccc2)cc1.c1ccc(P(c2ccccc2)c2ccccc2)cc1. The summed E-state index contributed by atoms with van der Waals surface area (Å²) in [5.74, 6) is 0.